The Balaban J connectivity index is 1.99. The maximum atomic E-state index is 13.7. The first-order valence-corrected chi connectivity index (χ1v) is 10.7. The SMILES string of the molecule is COC(=O)c1cccc2c1C(=O)C1=C(O)[C@]3(OC)C(=O)C(C(N)=O)=C(O)[C@@H](N(C)C)[C@@H]3C[C@@H]1C2. The number of allylic oxidation sites excluding steroid dienone is 1. The predicted molar refractivity (Wildman–Crippen MR) is 118 cm³/mol. The van der Waals surface area contributed by atoms with Gasteiger partial charge in [0.05, 0.1) is 18.7 Å². The van der Waals surface area contributed by atoms with Gasteiger partial charge in [0.25, 0.3) is 5.91 Å². The highest BCUT2D eigenvalue weighted by Crippen LogP contribution is 2.53. The summed E-state index contributed by atoms with van der Waals surface area (Å²) in [5, 5.41) is 22.4. The normalized spacial score (nSPS) is 28.4. The maximum Gasteiger partial charge on any atom is 0.338 e. The number of aliphatic hydroxyl groups is 2. The molecule has 0 aromatic heterocycles. The minimum atomic E-state index is -2.11. The van der Waals surface area contributed by atoms with Crippen LogP contribution in [0.4, 0.5) is 0 Å². The molecule has 0 saturated heterocycles. The molecule has 34 heavy (non-hydrogen) atoms. The zero-order chi connectivity index (χ0) is 25.1. The third-order valence-corrected chi connectivity index (χ3v) is 7.18. The van der Waals surface area contributed by atoms with E-state index in [1.165, 1.54) is 20.3 Å². The summed E-state index contributed by atoms with van der Waals surface area (Å²) < 4.78 is 10.4. The summed E-state index contributed by atoms with van der Waals surface area (Å²) in [7, 11) is 5.69. The van der Waals surface area contributed by atoms with E-state index in [0.29, 0.717) is 12.0 Å². The number of hydrogen-bond donors (Lipinski definition) is 3. The Bertz CT molecular complexity index is 1200. The Labute approximate surface area is 195 Å². The lowest BCUT2D eigenvalue weighted by atomic mass is 9.58. The van der Waals surface area contributed by atoms with Crippen LogP contribution in [0.5, 0.6) is 0 Å². The van der Waals surface area contributed by atoms with E-state index in [-0.39, 0.29) is 23.1 Å². The number of Topliss-reactive ketones (excluding diaryl/α,β-unsaturated/α-hetero) is 2. The minimum absolute atomic E-state index is 0.0499. The molecule has 0 bridgehead atoms. The highest BCUT2D eigenvalue weighted by Gasteiger charge is 2.64. The van der Waals surface area contributed by atoms with Crippen LogP contribution in [-0.4, -0.2) is 78.5 Å². The zero-order valence-electron chi connectivity index (χ0n) is 19.2. The van der Waals surface area contributed by atoms with Crippen LogP contribution in [0.2, 0.25) is 0 Å². The van der Waals surface area contributed by atoms with Crippen molar-refractivity contribution < 1.29 is 38.9 Å². The second kappa shape index (κ2) is 8.07. The van der Waals surface area contributed by atoms with Crippen LogP contribution in [0.25, 0.3) is 0 Å². The molecule has 0 radical (unpaired) electrons. The molecule has 0 heterocycles. The van der Waals surface area contributed by atoms with Gasteiger partial charge in [-0.25, -0.2) is 4.79 Å². The Morgan fingerprint density at radius 2 is 1.85 bits per heavy atom. The lowest BCUT2D eigenvalue weighted by Gasteiger charge is -2.51. The highest BCUT2D eigenvalue weighted by atomic mass is 16.5. The predicted octanol–water partition coefficient (Wildman–Crippen LogP) is 0.856. The van der Waals surface area contributed by atoms with E-state index in [9.17, 15) is 29.4 Å². The molecular weight excluding hydrogens is 444 g/mol. The van der Waals surface area contributed by atoms with Crippen molar-refractivity contribution in [3.63, 3.8) is 0 Å². The number of ketones is 2. The minimum Gasteiger partial charge on any atom is -0.510 e. The number of benzene rings is 1. The molecule has 10 heteroatoms. The van der Waals surface area contributed by atoms with E-state index in [4.69, 9.17) is 15.2 Å². The second-order valence-corrected chi connectivity index (χ2v) is 8.97. The summed E-state index contributed by atoms with van der Waals surface area (Å²) in [6.07, 6.45) is 0.495. The fourth-order valence-electron chi connectivity index (χ4n) is 5.81. The fraction of sp³-hybridized carbons (Fsp3) is 0.417. The van der Waals surface area contributed by atoms with E-state index in [1.807, 2.05) is 0 Å². The summed E-state index contributed by atoms with van der Waals surface area (Å²) >= 11 is 0. The standard InChI is InChI=1S/C24H26N2O8/c1-26(2)17-13-9-11-8-10-6-5-7-12(23(32)33-3)14(10)18(27)15(11)20(29)24(13,34-4)21(30)16(19(17)28)22(25)31/h5-7,11,13,17,28-29H,8-9H2,1-4H3,(H2,25,31)/t11-,13-,17-,24-/m0/s1. The lowest BCUT2D eigenvalue weighted by molar-refractivity contribution is -0.154. The van der Waals surface area contributed by atoms with Gasteiger partial charge in [0.15, 0.2) is 11.4 Å². The third-order valence-electron chi connectivity index (χ3n) is 7.18. The molecule has 0 aliphatic heterocycles. The van der Waals surface area contributed by atoms with E-state index >= 15 is 0 Å². The number of esters is 1. The molecule has 3 aliphatic rings. The molecule has 10 nitrogen and oxygen atoms in total. The number of likely N-dealkylation sites (N-methyl/N-ethyl adjacent to an activating group) is 1. The van der Waals surface area contributed by atoms with Crippen LogP contribution in [-0.2, 0) is 25.5 Å². The average molecular weight is 470 g/mol. The van der Waals surface area contributed by atoms with E-state index in [1.54, 1.807) is 31.1 Å². The number of fused-ring (bicyclic) bond motifs is 3. The van der Waals surface area contributed by atoms with Gasteiger partial charge in [-0.2, -0.15) is 0 Å². The topological polar surface area (TPSA) is 156 Å². The fourth-order valence-corrected chi connectivity index (χ4v) is 5.81. The highest BCUT2D eigenvalue weighted by molar-refractivity contribution is 6.25. The number of nitrogens with zero attached hydrogens (tertiary/aromatic N) is 1. The summed E-state index contributed by atoms with van der Waals surface area (Å²) in [4.78, 5) is 53.3. The number of amides is 1. The molecule has 3 aliphatic carbocycles. The first kappa shape index (κ1) is 23.7. The molecule has 1 aromatic carbocycles. The van der Waals surface area contributed by atoms with Crippen molar-refractivity contribution in [2.45, 2.75) is 24.5 Å². The van der Waals surface area contributed by atoms with Gasteiger partial charge in [-0.1, -0.05) is 12.1 Å². The number of rotatable bonds is 4. The monoisotopic (exact) mass is 470 g/mol. The molecule has 4 rings (SSSR count). The number of nitrogens with two attached hydrogens (primary N) is 1. The molecule has 4 N–H and O–H groups in total. The maximum absolute atomic E-state index is 13.7. The molecule has 1 aromatic rings. The van der Waals surface area contributed by atoms with E-state index in [2.05, 4.69) is 0 Å². The van der Waals surface area contributed by atoms with E-state index < -0.39 is 64.0 Å². The van der Waals surface area contributed by atoms with Crippen LogP contribution in [0.15, 0.2) is 40.9 Å². The lowest BCUT2D eigenvalue weighted by Crippen LogP contribution is -2.64. The van der Waals surface area contributed by atoms with Crippen molar-refractivity contribution in [2.24, 2.45) is 17.6 Å². The molecular formula is C24H26N2O8. The van der Waals surface area contributed by atoms with Gasteiger partial charge in [-0.15, -0.1) is 0 Å². The van der Waals surface area contributed by atoms with Gasteiger partial charge in [0.1, 0.15) is 17.1 Å². The second-order valence-electron chi connectivity index (χ2n) is 8.97. The van der Waals surface area contributed by atoms with Gasteiger partial charge in [-0.05, 0) is 44.5 Å². The summed E-state index contributed by atoms with van der Waals surface area (Å²) in [5.41, 5.74) is 3.33. The molecule has 1 amide bonds. The average Bonchev–Trinajstić information content (AvgIpc) is 2.77. The van der Waals surface area contributed by atoms with Gasteiger partial charge in [-0.3, -0.25) is 19.3 Å². The van der Waals surface area contributed by atoms with Crippen molar-refractivity contribution in [3.8, 4) is 0 Å². The van der Waals surface area contributed by atoms with Crippen molar-refractivity contribution in [1.29, 1.82) is 0 Å². The summed E-state index contributed by atoms with van der Waals surface area (Å²) in [5.74, 6) is -5.96. The Hall–Kier alpha value is -3.50. The van der Waals surface area contributed by atoms with Crippen LogP contribution in [0.3, 0.4) is 0 Å². The number of carbonyl (C=O) groups is 4. The Morgan fingerprint density at radius 1 is 1.18 bits per heavy atom. The zero-order valence-corrected chi connectivity index (χ0v) is 19.2. The van der Waals surface area contributed by atoms with Crippen LogP contribution >= 0.6 is 0 Å². The summed E-state index contributed by atoms with van der Waals surface area (Å²) in [6.45, 7) is 0. The molecule has 0 saturated carbocycles. The molecule has 0 unspecified atom stereocenters. The summed E-state index contributed by atoms with van der Waals surface area (Å²) in [6, 6.07) is 3.94. The molecule has 0 fully saturated rings. The van der Waals surface area contributed by atoms with Gasteiger partial charge in [0.2, 0.25) is 5.78 Å². The Kier molecular flexibility index (Phi) is 5.61. The largest absolute Gasteiger partial charge is 0.510 e. The number of carbonyl (C=O) groups excluding carboxylic acids is 4. The van der Waals surface area contributed by atoms with Gasteiger partial charge in [0, 0.05) is 24.2 Å². The van der Waals surface area contributed by atoms with Crippen molar-refractivity contribution in [3.05, 3.63) is 57.6 Å². The first-order chi connectivity index (χ1) is 16.0. The van der Waals surface area contributed by atoms with Crippen molar-refractivity contribution in [2.75, 3.05) is 28.3 Å². The molecule has 180 valence electrons. The first-order valence-electron chi connectivity index (χ1n) is 10.7. The quantitative estimate of drug-likeness (QED) is 0.429. The third kappa shape index (κ3) is 2.95. The van der Waals surface area contributed by atoms with Crippen LogP contribution in [0, 0.1) is 11.8 Å². The van der Waals surface area contributed by atoms with Crippen molar-refractivity contribution >= 4 is 23.4 Å². The molecule has 0 spiro atoms. The van der Waals surface area contributed by atoms with Gasteiger partial charge >= 0.3 is 5.97 Å². The number of aliphatic hydroxyl groups excluding tert-OH is 2. The van der Waals surface area contributed by atoms with Crippen molar-refractivity contribution in [1.82, 2.24) is 4.90 Å². The number of methoxy groups -OCH3 is 2. The van der Waals surface area contributed by atoms with Crippen LogP contribution < -0.4 is 5.73 Å². The van der Waals surface area contributed by atoms with Gasteiger partial charge < -0.3 is 25.4 Å². The smallest absolute Gasteiger partial charge is 0.338 e. The Morgan fingerprint density at radius 3 is 2.41 bits per heavy atom. The molecule has 4 atom stereocenters. The number of primary amides is 1. The van der Waals surface area contributed by atoms with E-state index in [0.717, 1.165) is 0 Å². The number of hydrogen-bond acceptors (Lipinski definition) is 9. The number of ether oxygens (including phenoxy) is 2. The van der Waals surface area contributed by atoms with Crippen LogP contribution in [0.1, 0.15) is 32.7 Å².